The first-order valence-corrected chi connectivity index (χ1v) is 6.98. The van der Waals surface area contributed by atoms with Gasteiger partial charge in [0.25, 0.3) is 0 Å². The second-order valence-corrected chi connectivity index (χ2v) is 5.39. The lowest BCUT2D eigenvalue weighted by Crippen LogP contribution is -2.47. The van der Waals surface area contributed by atoms with Gasteiger partial charge >= 0.3 is 0 Å². The van der Waals surface area contributed by atoms with Gasteiger partial charge in [0.1, 0.15) is 0 Å². The molecule has 1 saturated carbocycles. The molecular weight excluding hydrogens is 214 g/mol. The third-order valence-corrected chi connectivity index (χ3v) is 3.71. The lowest BCUT2D eigenvalue weighted by Gasteiger charge is -2.20. The summed E-state index contributed by atoms with van der Waals surface area (Å²) >= 11 is 0. The van der Waals surface area contributed by atoms with Crippen molar-refractivity contribution in [3.8, 4) is 0 Å². The average molecular weight is 239 g/mol. The minimum atomic E-state index is -0.0642. The molecule has 17 heavy (non-hydrogen) atoms. The molecule has 0 radical (unpaired) electrons. The smallest absolute Gasteiger partial charge is 0.236 e. The summed E-state index contributed by atoms with van der Waals surface area (Å²) in [5.74, 6) is 0.136. The summed E-state index contributed by atoms with van der Waals surface area (Å²) in [5.41, 5.74) is 0. The maximum Gasteiger partial charge on any atom is 0.236 e. The minimum Gasteiger partial charge on any atom is -0.355 e. The summed E-state index contributed by atoms with van der Waals surface area (Å²) in [6.45, 7) is 7.14. The van der Waals surface area contributed by atoms with E-state index >= 15 is 0 Å². The Morgan fingerprint density at radius 3 is 2.82 bits per heavy atom. The highest BCUT2D eigenvalue weighted by atomic mass is 16.2. The van der Waals surface area contributed by atoms with Crippen LogP contribution in [0.5, 0.6) is 0 Å². The molecule has 1 saturated heterocycles. The van der Waals surface area contributed by atoms with Crippen molar-refractivity contribution in [2.24, 2.45) is 0 Å². The predicted octanol–water partition coefficient (Wildman–Crippen LogP) is 0.727. The van der Waals surface area contributed by atoms with Crippen molar-refractivity contribution in [1.29, 1.82) is 0 Å². The molecule has 2 rings (SSSR count). The highest BCUT2D eigenvalue weighted by Gasteiger charge is 2.34. The third kappa shape index (κ3) is 3.68. The molecule has 4 heteroatoms. The summed E-state index contributed by atoms with van der Waals surface area (Å²) < 4.78 is 0. The van der Waals surface area contributed by atoms with Crippen molar-refractivity contribution in [3.05, 3.63) is 0 Å². The number of amides is 1. The first-order valence-electron chi connectivity index (χ1n) is 6.98. The van der Waals surface area contributed by atoms with Crippen LogP contribution in [0.2, 0.25) is 0 Å². The number of nitrogens with zero attached hydrogens (tertiary/aromatic N) is 1. The molecule has 2 N–H and O–H groups in total. The van der Waals surface area contributed by atoms with Crippen LogP contribution in [0.4, 0.5) is 0 Å². The van der Waals surface area contributed by atoms with Gasteiger partial charge in [-0.15, -0.1) is 0 Å². The molecule has 0 aromatic rings. The summed E-state index contributed by atoms with van der Waals surface area (Å²) in [7, 11) is 0. The van der Waals surface area contributed by atoms with E-state index < -0.39 is 0 Å². The van der Waals surface area contributed by atoms with Crippen molar-refractivity contribution in [1.82, 2.24) is 15.5 Å². The van der Waals surface area contributed by atoms with Crippen molar-refractivity contribution in [2.45, 2.75) is 57.7 Å². The summed E-state index contributed by atoms with van der Waals surface area (Å²) in [5, 5.41) is 6.38. The van der Waals surface area contributed by atoms with Crippen LogP contribution in [-0.2, 0) is 4.79 Å². The monoisotopic (exact) mass is 239 g/mol. The Morgan fingerprint density at radius 1 is 1.41 bits per heavy atom. The lowest BCUT2D eigenvalue weighted by molar-refractivity contribution is -0.122. The van der Waals surface area contributed by atoms with E-state index in [0.29, 0.717) is 6.04 Å². The second kappa shape index (κ2) is 5.83. The van der Waals surface area contributed by atoms with Crippen molar-refractivity contribution in [2.75, 3.05) is 19.6 Å². The summed E-state index contributed by atoms with van der Waals surface area (Å²) in [6, 6.07) is 1.29. The van der Waals surface area contributed by atoms with E-state index in [1.165, 1.54) is 25.8 Å². The van der Waals surface area contributed by atoms with Gasteiger partial charge in [0.05, 0.1) is 6.04 Å². The first kappa shape index (κ1) is 12.8. The maximum absolute atomic E-state index is 11.7. The zero-order chi connectivity index (χ0) is 12.3. The maximum atomic E-state index is 11.7. The van der Waals surface area contributed by atoms with Crippen molar-refractivity contribution >= 4 is 5.91 Å². The first-order chi connectivity index (χ1) is 8.20. The van der Waals surface area contributed by atoms with Gasteiger partial charge in [-0.25, -0.2) is 0 Å². The molecule has 2 atom stereocenters. The Balaban J connectivity index is 1.67. The van der Waals surface area contributed by atoms with Gasteiger partial charge in [0, 0.05) is 31.7 Å². The number of carbonyl (C=O) groups excluding carboxylic acids is 1. The number of hydrogen-bond donors (Lipinski definition) is 2. The molecule has 1 heterocycles. The highest BCUT2D eigenvalue weighted by molar-refractivity contribution is 5.81. The van der Waals surface area contributed by atoms with E-state index in [0.717, 1.165) is 25.6 Å². The molecule has 2 aliphatic rings. The predicted molar refractivity (Wildman–Crippen MR) is 68.9 cm³/mol. The molecule has 0 bridgehead atoms. The molecule has 1 amide bonds. The SMILES string of the molecule is CCCNC(=O)C(C)NC1CCN(C2CC2)C1. The molecule has 2 fully saturated rings. The van der Waals surface area contributed by atoms with Crippen LogP contribution in [0.15, 0.2) is 0 Å². The molecular formula is C13H25N3O. The van der Waals surface area contributed by atoms with Gasteiger partial charge in [-0.2, -0.15) is 0 Å². The zero-order valence-electron chi connectivity index (χ0n) is 11.0. The van der Waals surface area contributed by atoms with Crippen LogP contribution in [0.25, 0.3) is 0 Å². The van der Waals surface area contributed by atoms with Gasteiger partial charge in [-0.1, -0.05) is 6.92 Å². The molecule has 0 spiro atoms. The molecule has 1 aliphatic heterocycles. The Labute approximate surface area is 104 Å². The molecule has 4 nitrogen and oxygen atoms in total. The largest absolute Gasteiger partial charge is 0.355 e. The lowest BCUT2D eigenvalue weighted by atomic mass is 10.2. The minimum absolute atomic E-state index is 0.0642. The van der Waals surface area contributed by atoms with E-state index in [2.05, 4.69) is 22.5 Å². The highest BCUT2D eigenvalue weighted by Crippen LogP contribution is 2.29. The molecule has 98 valence electrons. The second-order valence-electron chi connectivity index (χ2n) is 5.39. The van der Waals surface area contributed by atoms with Crippen LogP contribution >= 0.6 is 0 Å². The zero-order valence-corrected chi connectivity index (χ0v) is 11.0. The van der Waals surface area contributed by atoms with Crippen LogP contribution in [0.3, 0.4) is 0 Å². The van der Waals surface area contributed by atoms with Crippen LogP contribution < -0.4 is 10.6 Å². The number of likely N-dealkylation sites (tertiary alicyclic amines) is 1. The molecule has 0 aromatic heterocycles. The number of carbonyl (C=O) groups is 1. The molecule has 1 aliphatic carbocycles. The van der Waals surface area contributed by atoms with Crippen LogP contribution in [0.1, 0.15) is 39.5 Å². The van der Waals surface area contributed by atoms with E-state index in [4.69, 9.17) is 0 Å². The van der Waals surface area contributed by atoms with Gasteiger partial charge in [0.15, 0.2) is 0 Å². The van der Waals surface area contributed by atoms with Crippen LogP contribution in [0, 0.1) is 0 Å². The quantitative estimate of drug-likeness (QED) is 0.718. The third-order valence-electron chi connectivity index (χ3n) is 3.71. The molecule has 0 aromatic carbocycles. The summed E-state index contributed by atoms with van der Waals surface area (Å²) in [4.78, 5) is 14.3. The van der Waals surface area contributed by atoms with E-state index in [9.17, 15) is 4.79 Å². The van der Waals surface area contributed by atoms with Crippen molar-refractivity contribution < 1.29 is 4.79 Å². The number of rotatable bonds is 6. The van der Waals surface area contributed by atoms with Gasteiger partial charge in [-0.3, -0.25) is 9.69 Å². The standard InChI is InChI=1S/C13H25N3O/c1-3-7-14-13(17)10(2)15-11-6-8-16(9-11)12-4-5-12/h10-12,15H,3-9H2,1-2H3,(H,14,17). The van der Waals surface area contributed by atoms with E-state index in [1.807, 2.05) is 6.92 Å². The van der Waals surface area contributed by atoms with Crippen LogP contribution in [-0.4, -0.2) is 48.6 Å². The van der Waals surface area contributed by atoms with Gasteiger partial charge < -0.3 is 10.6 Å². The Kier molecular flexibility index (Phi) is 4.40. The Morgan fingerprint density at radius 2 is 2.18 bits per heavy atom. The molecule has 2 unspecified atom stereocenters. The Hall–Kier alpha value is -0.610. The fourth-order valence-corrected chi connectivity index (χ4v) is 2.53. The topological polar surface area (TPSA) is 44.4 Å². The van der Waals surface area contributed by atoms with E-state index in [-0.39, 0.29) is 11.9 Å². The number of hydrogen-bond acceptors (Lipinski definition) is 3. The summed E-state index contributed by atoms with van der Waals surface area (Å²) in [6.07, 6.45) is 4.93. The number of nitrogens with one attached hydrogen (secondary N) is 2. The normalized spacial score (nSPS) is 27.1. The van der Waals surface area contributed by atoms with Crippen molar-refractivity contribution in [3.63, 3.8) is 0 Å². The van der Waals surface area contributed by atoms with E-state index in [1.54, 1.807) is 0 Å². The Bertz CT molecular complexity index is 265. The fraction of sp³-hybridized carbons (Fsp3) is 0.923. The van der Waals surface area contributed by atoms with Gasteiger partial charge in [-0.05, 0) is 32.6 Å². The fourth-order valence-electron chi connectivity index (χ4n) is 2.53. The average Bonchev–Trinajstić information content (AvgIpc) is 3.07. The van der Waals surface area contributed by atoms with Gasteiger partial charge in [0.2, 0.25) is 5.91 Å².